The maximum atomic E-state index is 11.9. The standard InChI is InChI=1S/C15H18N2O5S/c1-2-23(20,21)11-5-6-12-13(7-11)22-15(19)9-17(12)8-14(18)16-10-3-4-10/h5-7,10H,2-4,8-9H2,1H3,(H,16,18). The van der Waals surface area contributed by atoms with Crippen LogP contribution in [-0.2, 0) is 19.4 Å². The number of nitrogens with one attached hydrogen (secondary N) is 1. The zero-order chi connectivity index (χ0) is 16.6. The highest BCUT2D eigenvalue weighted by Crippen LogP contribution is 2.34. The van der Waals surface area contributed by atoms with E-state index in [0.717, 1.165) is 12.8 Å². The second kappa shape index (κ2) is 5.84. The van der Waals surface area contributed by atoms with Gasteiger partial charge in [0.2, 0.25) is 5.91 Å². The Morgan fingerprint density at radius 3 is 2.78 bits per heavy atom. The van der Waals surface area contributed by atoms with Crippen LogP contribution >= 0.6 is 0 Å². The van der Waals surface area contributed by atoms with Crippen molar-refractivity contribution in [2.24, 2.45) is 0 Å². The fraction of sp³-hybridized carbons (Fsp3) is 0.467. The molecule has 1 fully saturated rings. The van der Waals surface area contributed by atoms with Crippen molar-refractivity contribution in [3.63, 3.8) is 0 Å². The number of benzene rings is 1. The Morgan fingerprint density at radius 1 is 1.39 bits per heavy atom. The minimum Gasteiger partial charge on any atom is -0.423 e. The maximum absolute atomic E-state index is 11.9. The van der Waals surface area contributed by atoms with Gasteiger partial charge < -0.3 is 15.0 Å². The van der Waals surface area contributed by atoms with Crippen LogP contribution in [0, 0.1) is 0 Å². The largest absolute Gasteiger partial charge is 0.423 e. The van der Waals surface area contributed by atoms with Gasteiger partial charge in [-0.25, -0.2) is 13.2 Å². The molecule has 0 bridgehead atoms. The summed E-state index contributed by atoms with van der Waals surface area (Å²) < 4.78 is 29.0. The normalized spacial score (nSPS) is 17.4. The molecule has 2 aliphatic rings. The molecule has 0 aromatic heterocycles. The maximum Gasteiger partial charge on any atom is 0.331 e. The van der Waals surface area contributed by atoms with Gasteiger partial charge in [-0.3, -0.25) is 4.79 Å². The van der Waals surface area contributed by atoms with Crippen molar-refractivity contribution in [2.45, 2.75) is 30.7 Å². The van der Waals surface area contributed by atoms with Crippen molar-refractivity contribution < 1.29 is 22.7 Å². The molecule has 1 aromatic rings. The molecule has 7 nitrogen and oxygen atoms in total. The van der Waals surface area contributed by atoms with Crippen molar-refractivity contribution in [3.8, 4) is 5.75 Å². The molecule has 0 atom stereocenters. The smallest absolute Gasteiger partial charge is 0.331 e. The van der Waals surface area contributed by atoms with Crippen LogP contribution in [0.15, 0.2) is 23.1 Å². The van der Waals surface area contributed by atoms with E-state index >= 15 is 0 Å². The van der Waals surface area contributed by atoms with Crippen molar-refractivity contribution in [2.75, 3.05) is 23.7 Å². The molecular formula is C15H18N2O5S. The van der Waals surface area contributed by atoms with Crippen LogP contribution in [-0.4, -0.2) is 45.2 Å². The van der Waals surface area contributed by atoms with E-state index < -0.39 is 15.8 Å². The average molecular weight is 338 g/mol. The van der Waals surface area contributed by atoms with Gasteiger partial charge >= 0.3 is 5.97 Å². The van der Waals surface area contributed by atoms with E-state index in [-0.39, 0.29) is 41.4 Å². The van der Waals surface area contributed by atoms with Crippen LogP contribution in [0.2, 0.25) is 0 Å². The highest BCUT2D eigenvalue weighted by atomic mass is 32.2. The lowest BCUT2D eigenvalue weighted by Gasteiger charge is -2.29. The molecule has 1 heterocycles. The highest BCUT2D eigenvalue weighted by molar-refractivity contribution is 7.91. The van der Waals surface area contributed by atoms with Crippen LogP contribution in [0.3, 0.4) is 0 Å². The Labute approximate surface area is 134 Å². The molecule has 1 aliphatic carbocycles. The number of fused-ring (bicyclic) bond motifs is 1. The Bertz CT molecular complexity index is 755. The molecule has 0 unspecified atom stereocenters. The molecule has 0 radical (unpaired) electrons. The van der Waals surface area contributed by atoms with E-state index in [1.54, 1.807) is 17.9 Å². The Balaban J connectivity index is 1.85. The summed E-state index contributed by atoms with van der Waals surface area (Å²) in [6.45, 7) is 1.55. The SMILES string of the molecule is CCS(=O)(=O)c1ccc2c(c1)OC(=O)CN2CC(=O)NC1CC1. The van der Waals surface area contributed by atoms with Crippen molar-refractivity contribution >= 4 is 27.4 Å². The second-order valence-corrected chi connectivity index (χ2v) is 7.98. The molecule has 124 valence electrons. The van der Waals surface area contributed by atoms with Gasteiger partial charge in [0.05, 0.1) is 22.9 Å². The number of hydrogen-bond acceptors (Lipinski definition) is 6. The molecule has 1 N–H and O–H groups in total. The minimum atomic E-state index is -3.39. The second-order valence-electron chi connectivity index (χ2n) is 5.70. The van der Waals surface area contributed by atoms with Gasteiger partial charge in [-0.05, 0) is 25.0 Å². The van der Waals surface area contributed by atoms with E-state index in [2.05, 4.69) is 5.32 Å². The van der Waals surface area contributed by atoms with Crippen LogP contribution < -0.4 is 15.0 Å². The molecule has 1 aliphatic heterocycles. The van der Waals surface area contributed by atoms with Crippen LogP contribution in [0.5, 0.6) is 5.75 Å². The summed E-state index contributed by atoms with van der Waals surface area (Å²) in [5, 5.41) is 2.86. The predicted octanol–water partition coefficient (Wildman–Crippen LogP) is 0.484. The zero-order valence-electron chi connectivity index (χ0n) is 12.7. The fourth-order valence-electron chi connectivity index (χ4n) is 2.41. The molecule has 23 heavy (non-hydrogen) atoms. The van der Waals surface area contributed by atoms with Gasteiger partial charge in [-0.15, -0.1) is 0 Å². The first-order chi connectivity index (χ1) is 10.9. The number of esters is 1. The monoisotopic (exact) mass is 338 g/mol. The summed E-state index contributed by atoms with van der Waals surface area (Å²) in [5.74, 6) is -0.524. The van der Waals surface area contributed by atoms with Crippen molar-refractivity contribution in [1.29, 1.82) is 0 Å². The fourth-order valence-corrected chi connectivity index (χ4v) is 3.30. The Morgan fingerprint density at radius 2 is 2.13 bits per heavy atom. The topological polar surface area (TPSA) is 92.8 Å². The van der Waals surface area contributed by atoms with Crippen molar-refractivity contribution in [1.82, 2.24) is 5.32 Å². The third-order valence-corrected chi connectivity index (χ3v) is 5.56. The van der Waals surface area contributed by atoms with E-state index in [1.807, 2.05) is 0 Å². The van der Waals surface area contributed by atoms with E-state index in [4.69, 9.17) is 4.74 Å². The summed E-state index contributed by atoms with van der Waals surface area (Å²) in [5.41, 5.74) is 0.547. The number of sulfone groups is 1. The number of ether oxygens (including phenoxy) is 1. The third-order valence-electron chi connectivity index (χ3n) is 3.83. The first-order valence-corrected chi connectivity index (χ1v) is 9.16. The lowest BCUT2D eigenvalue weighted by molar-refractivity contribution is -0.133. The third kappa shape index (κ3) is 3.47. The number of hydrogen-bond donors (Lipinski definition) is 1. The lowest BCUT2D eigenvalue weighted by Crippen LogP contribution is -2.43. The number of amides is 1. The van der Waals surface area contributed by atoms with Crippen LogP contribution in [0.1, 0.15) is 19.8 Å². The molecule has 3 rings (SSSR count). The summed E-state index contributed by atoms with van der Waals surface area (Å²) in [7, 11) is -3.39. The first kappa shape index (κ1) is 15.8. The van der Waals surface area contributed by atoms with Crippen LogP contribution in [0.25, 0.3) is 0 Å². The molecule has 0 saturated heterocycles. The molecule has 1 amide bonds. The van der Waals surface area contributed by atoms with Gasteiger partial charge in [0.25, 0.3) is 0 Å². The van der Waals surface area contributed by atoms with Gasteiger partial charge in [0, 0.05) is 12.1 Å². The predicted molar refractivity (Wildman–Crippen MR) is 83.2 cm³/mol. The van der Waals surface area contributed by atoms with E-state index in [0.29, 0.717) is 5.69 Å². The quantitative estimate of drug-likeness (QED) is 0.620. The minimum absolute atomic E-state index is 0.0345. The summed E-state index contributed by atoms with van der Waals surface area (Å²) in [6.07, 6.45) is 1.98. The van der Waals surface area contributed by atoms with E-state index in [1.165, 1.54) is 12.1 Å². The van der Waals surface area contributed by atoms with Gasteiger partial charge in [0.1, 0.15) is 6.54 Å². The first-order valence-electron chi connectivity index (χ1n) is 7.51. The number of carbonyl (C=O) groups excluding carboxylic acids is 2. The highest BCUT2D eigenvalue weighted by Gasteiger charge is 2.29. The molecular weight excluding hydrogens is 320 g/mol. The summed E-state index contributed by atoms with van der Waals surface area (Å²) in [4.78, 5) is 25.4. The van der Waals surface area contributed by atoms with Gasteiger partial charge in [0.15, 0.2) is 15.6 Å². The lowest BCUT2D eigenvalue weighted by atomic mass is 10.2. The zero-order valence-corrected chi connectivity index (χ0v) is 13.6. The van der Waals surface area contributed by atoms with Gasteiger partial charge in [-0.2, -0.15) is 0 Å². The number of carbonyl (C=O) groups is 2. The summed E-state index contributed by atoms with van der Waals surface area (Å²) >= 11 is 0. The number of anilines is 1. The average Bonchev–Trinajstić information content (AvgIpc) is 3.30. The Hall–Kier alpha value is -2.09. The van der Waals surface area contributed by atoms with E-state index in [9.17, 15) is 18.0 Å². The molecule has 1 aromatic carbocycles. The van der Waals surface area contributed by atoms with Gasteiger partial charge in [-0.1, -0.05) is 6.92 Å². The number of rotatable bonds is 5. The Kier molecular flexibility index (Phi) is 4.01. The molecule has 8 heteroatoms. The number of nitrogens with zero attached hydrogens (tertiary/aromatic N) is 1. The van der Waals surface area contributed by atoms with Crippen molar-refractivity contribution in [3.05, 3.63) is 18.2 Å². The summed E-state index contributed by atoms with van der Waals surface area (Å²) in [6, 6.07) is 4.64. The molecule has 1 saturated carbocycles. The molecule has 0 spiro atoms. The van der Waals surface area contributed by atoms with Crippen LogP contribution in [0.4, 0.5) is 5.69 Å².